The monoisotopic (exact) mass is 113 g/mol. The molecule has 0 rings (SSSR count). The average molecular weight is 113 g/mol. The lowest BCUT2D eigenvalue weighted by Gasteiger charge is -1.87. The average Bonchev–Trinajstić information content (AvgIpc) is 1.69. The number of Topliss-reactive ketones (excluding diaryl/α,β-unsaturated/α-hetero) is 1. The summed E-state index contributed by atoms with van der Waals surface area (Å²) in [6, 6.07) is 0. The molecule has 0 saturated heterocycles. The van der Waals surface area contributed by atoms with E-state index in [1.54, 1.807) is 0 Å². The Labute approximate surface area is 46.7 Å². The molecule has 0 saturated carbocycles. The molecule has 0 aliphatic carbocycles. The van der Waals surface area contributed by atoms with Gasteiger partial charge in [0.25, 0.3) is 0 Å². The first-order valence-electron chi connectivity index (χ1n) is 2.05. The van der Waals surface area contributed by atoms with Crippen LogP contribution in [0.1, 0.15) is 6.92 Å². The van der Waals surface area contributed by atoms with E-state index in [1.807, 2.05) is 0 Å². The van der Waals surface area contributed by atoms with E-state index in [1.165, 1.54) is 13.2 Å². The van der Waals surface area contributed by atoms with Crippen molar-refractivity contribution in [3.05, 3.63) is 0 Å². The Morgan fingerprint density at radius 1 is 1.75 bits per heavy atom. The summed E-state index contributed by atoms with van der Waals surface area (Å²) >= 11 is 0. The molecule has 1 radical (unpaired) electrons. The number of carbonyl (C=O) groups excluding carboxylic acids is 3. The van der Waals surface area contributed by atoms with Crippen molar-refractivity contribution in [2.75, 3.05) is 0 Å². The molecule has 0 spiro atoms. The highest BCUT2D eigenvalue weighted by Crippen LogP contribution is 1.85. The molecule has 43 valence electrons. The van der Waals surface area contributed by atoms with E-state index < -0.39 is 11.7 Å². The van der Waals surface area contributed by atoms with Gasteiger partial charge in [-0.1, -0.05) is 0 Å². The Kier molecular flexibility index (Phi) is 2.69. The Morgan fingerprint density at radius 3 is 2.25 bits per heavy atom. The Balaban J connectivity index is 3.88. The van der Waals surface area contributed by atoms with Gasteiger partial charge in [0.1, 0.15) is 18.0 Å². The summed E-state index contributed by atoms with van der Waals surface area (Å²) in [4.78, 5) is 29.4. The van der Waals surface area contributed by atoms with Crippen LogP contribution in [0, 0.1) is 5.92 Å². The minimum absolute atomic E-state index is 0.273. The van der Waals surface area contributed by atoms with Gasteiger partial charge in [0.2, 0.25) is 6.29 Å². The number of hydrogen-bond acceptors (Lipinski definition) is 3. The third kappa shape index (κ3) is 1.64. The zero-order valence-corrected chi connectivity index (χ0v) is 4.38. The summed E-state index contributed by atoms with van der Waals surface area (Å²) in [5.41, 5.74) is 0. The van der Waals surface area contributed by atoms with Crippen molar-refractivity contribution in [3.8, 4) is 0 Å². The first-order chi connectivity index (χ1) is 3.72. The maximum atomic E-state index is 10.1. The van der Waals surface area contributed by atoms with Crippen LogP contribution in [-0.4, -0.2) is 18.4 Å². The molecule has 0 fully saturated rings. The molecule has 8 heavy (non-hydrogen) atoms. The van der Waals surface area contributed by atoms with Gasteiger partial charge >= 0.3 is 0 Å². The van der Waals surface area contributed by atoms with Crippen molar-refractivity contribution in [1.82, 2.24) is 0 Å². The second-order valence-corrected chi connectivity index (χ2v) is 1.34. The summed E-state index contributed by atoms with van der Waals surface area (Å²) in [7, 11) is 0. The summed E-state index contributed by atoms with van der Waals surface area (Å²) in [5, 5.41) is 0. The van der Waals surface area contributed by atoms with Crippen molar-refractivity contribution < 1.29 is 14.4 Å². The van der Waals surface area contributed by atoms with E-state index in [9.17, 15) is 14.4 Å². The van der Waals surface area contributed by atoms with Gasteiger partial charge in [-0.15, -0.1) is 0 Å². The minimum atomic E-state index is -1.17. The van der Waals surface area contributed by atoms with Gasteiger partial charge in [0.15, 0.2) is 0 Å². The van der Waals surface area contributed by atoms with E-state index in [0.29, 0.717) is 0 Å². The molecule has 0 aliphatic heterocycles. The second kappa shape index (κ2) is 3.07. The van der Waals surface area contributed by atoms with E-state index in [4.69, 9.17) is 0 Å². The molecule has 1 atom stereocenters. The second-order valence-electron chi connectivity index (χ2n) is 1.34. The van der Waals surface area contributed by atoms with Gasteiger partial charge in [-0.25, -0.2) is 0 Å². The lowest BCUT2D eigenvalue weighted by molar-refractivity contribution is -0.123. The van der Waals surface area contributed by atoms with Crippen LogP contribution in [0.3, 0.4) is 0 Å². The lowest BCUT2D eigenvalue weighted by atomic mass is 10.1. The number of ketones is 1. The molecular formula is C5H5O3. The first-order valence-corrected chi connectivity index (χ1v) is 2.05. The van der Waals surface area contributed by atoms with E-state index in [0.717, 1.165) is 0 Å². The SMILES string of the molecule is CC(=O)C([C]=O)C=O. The molecule has 0 N–H and O–H groups in total. The molecule has 0 amide bonds. The standard InChI is InChI=1S/C5H5O3/c1-4(8)5(2-6)3-7/h2,5H,1H3. The van der Waals surface area contributed by atoms with E-state index in [-0.39, 0.29) is 6.29 Å². The van der Waals surface area contributed by atoms with Crippen LogP contribution in [-0.2, 0) is 14.4 Å². The normalized spacial score (nSPS) is 8.75. The highest BCUT2D eigenvalue weighted by Gasteiger charge is 2.10. The number of carbonyl (C=O) groups is 2. The first kappa shape index (κ1) is 7.01. The number of rotatable bonds is 3. The van der Waals surface area contributed by atoms with E-state index >= 15 is 0 Å². The quantitative estimate of drug-likeness (QED) is 0.366. The maximum absolute atomic E-state index is 10.1. The lowest BCUT2D eigenvalue weighted by Crippen LogP contribution is -2.12. The summed E-state index contributed by atoms with van der Waals surface area (Å²) in [5.74, 6) is -1.63. The number of aldehydes is 1. The molecule has 0 aromatic rings. The maximum Gasteiger partial charge on any atom is 0.217 e. The topological polar surface area (TPSA) is 51.2 Å². The van der Waals surface area contributed by atoms with Gasteiger partial charge in [-0.2, -0.15) is 0 Å². The summed E-state index contributed by atoms with van der Waals surface area (Å²) < 4.78 is 0. The molecule has 0 aliphatic rings. The fourth-order valence-electron chi connectivity index (χ4n) is 0.207. The van der Waals surface area contributed by atoms with Crippen LogP contribution in [0.5, 0.6) is 0 Å². The fourth-order valence-corrected chi connectivity index (χ4v) is 0.207. The molecule has 0 aromatic heterocycles. The molecule has 0 aromatic carbocycles. The molecule has 3 nitrogen and oxygen atoms in total. The van der Waals surface area contributed by atoms with Gasteiger partial charge in [-0.05, 0) is 6.92 Å². The largest absolute Gasteiger partial charge is 0.302 e. The molecule has 0 heterocycles. The molecule has 0 bridgehead atoms. The number of hydrogen-bond donors (Lipinski definition) is 0. The Morgan fingerprint density at radius 2 is 2.25 bits per heavy atom. The predicted octanol–water partition coefficient (Wildman–Crippen LogP) is -0.500. The zero-order valence-electron chi connectivity index (χ0n) is 4.38. The molecule has 3 heteroatoms. The van der Waals surface area contributed by atoms with Crippen molar-refractivity contribution in [2.24, 2.45) is 5.92 Å². The van der Waals surface area contributed by atoms with Crippen LogP contribution in [0.4, 0.5) is 0 Å². The van der Waals surface area contributed by atoms with Gasteiger partial charge in [0, 0.05) is 0 Å². The van der Waals surface area contributed by atoms with Crippen molar-refractivity contribution in [1.29, 1.82) is 0 Å². The fraction of sp³-hybridized carbons (Fsp3) is 0.400. The van der Waals surface area contributed by atoms with Gasteiger partial charge < -0.3 is 4.79 Å². The molecular weight excluding hydrogens is 108 g/mol. The van der Waals surface area contributed by atoms with Gasteiger partial charge in [0.05, 0.1) is 0 Å². The van der Waals surface area contributed by atoms with Crippen LogP contribution in [0.15, 0.2) is 0 Å². The van der Waals surface area contributed by atoms with Crippen molar-refractivity contribution >= 4 is 18.4 Å². The third-order valence-electron chi connectivity index (χ3n) is 0.701. The van der Waals surface area contributed by atoms with Crippen LogP contribution < -0.4 is 0 Å². The Hall–Kier alpha value is -0.990. The zero-order chi connectivity index (χ0) is 6.57. The smallest absolute Gasteiger partial charge is 0.217 e. The Bertz CT molecular complexity index is 109. The molecule has 1 unspecified atom stereocenters. The van der Waals surface area contributed by atoms with Crippen LogP contribution in [0.25, 0.3) is 0 Å². The summed E-state index contributed by atoms with van der Waals surface area (Å²) in [6.07, 6.45) is 1.56. The van der Waals surface area contributed by atoms with E-state index in [2.05, 4.69) is 0 Å². The van der Waals surface area contributed by atoms with Gasteiger partial charge in [-0.3, -0.25) is 9.59 Å². The third-order valence-corrected chi connectivity index (χ3v) is 0.701. The minimum Gasteiger partial charge on any atom is -0.302 e. The predicted molar refractivity (Wildman–Crippen MR) is 25.9 cm³/mol. The highest BCUT2D eigenvalue weighted by atomic mass is 16.2. The summed E-state index contributed by atoms with van der Waals surface area (Å²) in [6.45, 7) is 1.17. The highest BCUT2D eigenvalue weighted by molar-refractivity contribution is 6.04. The van der Waals surface area contributed by atoms with Crippen molar-refractivity contribution in [2.45, 2.75) is 6.92 Å². The van der Waals surface area contributed by atoms with Crippen molar-refractivity contribution in [3.63, 3.8) is 0 Å². The van der Waals surface area contributed by atoms with Crippen LogP contribution >= 0.6 is 0 Å². The van der Waals surface area contributed by atoms with Crippen LogP contribution in [0.2, 0.25) is 0 Å².